The van der Waals surface area contributed by atoms with Crippen molar-refractivity contribution in [1.29, 1.82) is 0 Å². The predicted molar refractivity (Wildman–Crippen MR) is 98.6 cm³/mol. The topological polar surface area (TPSA) is 60.0 Å². The Hall–Kier alpha value is -1.99. The van der Waals surface area contributed by atoms with E-state index in [0.29, 0.717) is 5.16 Å². The summed E-state index contributed by atoms with van der Waals surface area (Å²) in [6, 6.07) is 13.6. The summed E-state index contributed by atoms with van der Waals surface area (Å²) in [4.78, 5) is 4.53. The van der Waals surface area contributed by atoms with Gasteiger partial charge in [0.15, 0.2) is 5.82 Å². The number of benzene rings is 2. The van der Waals surface area contributed by atoms with Crippen LogP contribution in [0.2, 0.25) is 0 Å². The Morgan fingerprint density at radius 2 is 1.88 bits per heavy atom. The van der Waals surface area contributed by atoms with Gasteiger partial charge in [-0.3, -0.25) is 5.10 Å². The molecule has 0 unspecified atom stereocenters. The minimum Gasteiger partial charge on any atom is -0.497 e. The molecular weight excluding hydrogens is 390 g/mol. The van der Waals surface area contributed by atoms with E-state index in [4.69, 9.17) is 9.47 Å². The highest BCUT2D eigenvalue weighted by atomic mass is 79.9. The minimum atomic E-state index is 0.697. The van der Waals surface area contributed by atoms with Gasteiger partial charge in [-0.05, 0) is 42.5 Å². The first-order valence-electron chi connectivity index (χ1n) is 7.21. The van der Waals surface area contributed by atoms with Crippen LogP contribution in [0, 0.1) is 0 Å². The number of aromatic nitrogens is 3. The third-order valence-electron chi connectivity index (χ3n) is 3.43. The summed E-state index contributed by atoms with van der Waals surface area (Å²) in [5.74, 6) is 3.13. The van der Waals surface area contributed by atoms with Gasteiger partial charge >= 0.3 is 0 Å². The van der Waals surface area contributed by atoms with Crippen LogP contribution in [0.5, 0.6) is 11.5 Å². The molecule has 2 aromatic carbocycles. The summed E-state index contributed by atoms with van der Waals surface area (Å²) >= 11 is 5.04. The van der Waals surface area contributed by atoms with Crippen molar-refractivity contribution in [3.05, 3.63) is 52.5 Å². The first-order valence-corrected chi connectivity index (χ1v) is 8.99. The molecular formula is C17H16BrN3O2S. The van der Waals surface area contributed by atoms with E-state index in [-0.39, 0.29) is 0 Å². The molecule has 5 nitrogen and oxygen atoms in total. The summed E-state index contributed by atoms with van der Waals surface area (Å²) in [6.45, 7) is 0. The monoisotopic (exact) mass is 405 g/mol. The zero-order chi connectivity index (χ0) is 16.9. The van der Waals surface area contributed by atoms with Crippen molar-refractivity contribution >= 4 is 27.7 Å². The number of H-pyrrole nitrogens is 1. The van der Waals surface area contributed by atoms with Crippen LogP contribution in [0.4, 0.5) is 0 Å². The van der Waals surface area contributed by atoms with Gasteiger partial charge in [-0.2, -0.15) is 0 Å². The first kappa shape index (κ1) is 16.9. The molecule has 0 saturated heterocycles. The number of hydrogen-bond acceptors (Lipinski definition) is 5. The van der Waals surface area contributed by atoms with Crippen LogP contribution in [-0.4, -0.2) is 29.4 Å². The Morgan fingerprint density at radius 1 is 1.08 bits per heavy atom. The summed E-state index contributed by atoms with van der Waals surface area (Å²) in [5.41, 5.74) is 2.06. The van der Waals surface area contributed by atoms with Gasteiger partial charge in [0.25, 0.3) is 0 Å². The zero-order valence-electron chi connectivity index (χ0n) is 13.2. The summed E-state index contributed by atoms with van der Waals surface area (Å²) in [6.07, 6.45) is 0. The Kier molecular flexibility index (Phi) is 5.42. The van der Waals surface area contributed by atoms with Gasteiger partial charge in [-0.1, -0.05) is 27.7 Å². The van der Waals surface area contributed by atoms with E-state index in [9.17, 15) is 0 Å². The lowest BCUT2D eigenvalue weighted by Crippen LogP contribution is -1.90. The third kappa shape index (κ3) is 3.91. The highest BCUT2D eigenvalue weighted by Crippen LogP contribution is 2.29. The fourth-order valence-corrected chi connectivity index (χ4v) is 3.38. The van der Waals surface area contributed by atoms with Gasteiger partial charge in [0, 0.05) is 21.4 Å². The van der Waals surface area contributed by atoms with E-state index >= 15 is 0 Å². The van der Waals surface area contributed by atoms with Crippen LogP contribution in [-0.2, 0) is 5.75 Å². The second-order valence-electron chi connectivity index (χ2n) is 4.94. The number of methoxy groups -OCH3 is 2. The summed E-state index contributed by atoms with van der Waals surface area (Å²) in [5, 5.41) is 7.94. The molecule has 0 atom stereocenters. The van der Waals surface area contributed by atoms with Crippen LogP contribution in [0.3, 0.4) is 0 Å². The van der Waals surface area contributed by atoms with Crippen molar-refractivity contribution in [3.8, 4) is 22.9 Å². The van der Waals surface area contributed by atoms with E-state index in [1.807, 2.05) is 42.5 Å². The molecule has 1 heterocycles. The van der Waals surface area contributed by atoms with Crippen molar-refractivity contribution in [2.24, 2.45) is 0 Å². The fourth-order valence-electron chi connectivity index (χ4n) is 2.19. The predicted octanol–water partition coefficient (Wildman–Crippen LogP) is 4.54. The fraction of sp³-hybridized carbons (Fsp3) is 0.176. The Morgan fingerprint density at radius 3 is 2.58 bits per heavy atom. The molecule has 0 spiro atoms. The lowest BCUT2D eigenvalue weighted by molar-refractivity contribution is 0.411. The average Bonchev–Trinajstić information content (AvgIpc) is 3.09. The van der Waals surface area contributed by atoms with Crippen LogP contribution in [0.25, 0.3) is 11.4 Å². The van der Waals surface area contributed by atoms with Gasteiger partial charge in [0.05, 0.1) is 14.2 Å². The molecule has 0 fully saturated rings. The SMILES string of the molecule is COc1ccc(-c2nc(SCc3cc(Br)ccc3OC)n[nH]2)cc1. The highest BCUT2D eigenvalue weighted by molar-refractivity contribution is 9.10. The Labute approximate surface area is 152 Å². The number of aromatic amines is 1. The number of thioether (sulfide) groups is 1. The summed E-state index contributed by atoms with van der Waals surface area (Å²) in [7, 11) is 3.32. The molecule has 24 heavy (non-hydrogen) atoms. The molecule has 124 valence electrons. The van der Waals surface area contributed by atoms with Crippen LogP contribution in [0.15, 0.2) is 52.1 Å². The van der Waals surface area contributed by atoms with Gasteiger partial charge in [0.2, 0.25) is 5.16 Å². The van der Waals surface area contributed by atoms with Gasteiger partial charge in [0.1, 0.15) is 11.5 Å². The maximum Gasteiger partial charge on any atom is 0.209 e. The maximum atomic E-state index is 5.39. The Bertz CT molecular complexity index is 821. The van der Waals surface area contributed by atoms with Gasteiger partial charge < -0.3 is 9.47 Å². The molecule has 0 saturated carbocycles. The number of hydrogen-bond donors (Lipinski definition) is 1. The van der Waals surface area contributed by atoms with E-state index in [1.54, 1.807) is 26.0 Å². The number of ether oxygens (including phenoxy) is 2. The van der Waals surface area contributed by atoms with E-state index < -0.39 is 0 Å². The van der Waals surface area contributed by atoms with E-state index in [1.165, 1.54) is 0 Å². The second kappa shape index (κ2) is 7.72. The number of halogens is 1. The lowest BCUT2D eigenvalue weighted by Gasteiger charge is -2.07. The standard InChI is InChI=1S/C17H16BrN3O2S/c1-22-14-6-3-11(4-7-14)16-19-17(21-20-16)24-10-12-9-13(18)5-8-15(12)23-2/h3-9H,10H2,1-2H3,(H,19,20,21). The van der Waals surface area contributed by atoms with Crippen molar-refractivity contribution in [1.82, 2.24) is 15.2 Å². The van der Waals surface area contributed by atoms with Crippen LogP contribution in [0.1, 0.15) is 5.56 Å². The van der Waals surface area contributed by atoms with E-state index in [2.05, 4.69) is 31.1 Å². The minimum absolute atomic E-state index is 0.697. The molecule has 7 heteroatoms. The molecule has 1 N–H and O–H groups in total. The summed E-state index contributed by atoms with van der Waals surface area (Å²) < 4.78 is 11.6. The van der Waals surface area contributed by atoms with Gasteiger partial charge in [-0.15, -0.1) is 5.10 Å². The molecule has 3 aromatic rings. The quantitative estimate of drug-likeness (QED) is 0.609. The van der Waals surface area contributed by atoms with Gasteiger partial charge in [-0.25, -0.2) is 4.98 Å². The van der Waals surface area contributed by atoms with Crippen molar-refractivity contribution < 1.29 is 9.47 Å². The molecule has 1 aromatic heterocycles. The van der Waals surface area contributed by atoms with Crippen LogP contribution < -0.4 is 9.47 Å². The largest absolute Gasteiger partial charge is 0.497 e. The molecule has 3 rings (SSSR count). The smallest absolute Gasteiger partial charge is 0.209 e. The van der Waals surface area contributed by atoms with Crippen molar-refractivity contribution in [3.63, 3.8) is 0 Å². The molecule has 0 radical (unpaired) electrons. The molecule has 0 amide bonds. The van der Waals surface area contributed by atoms with Crippen molar-refractivity contribution in [2.45, 2.75) is 10.9 Å². The molecule has 0 aliphatic carbocycles. The third-order valence-corrected chi connectivity index (χ3v) is 4.82. The average molecular weight is 406 g/mol. The molecule has 0 bridgehead atoms. The normalized spacial score (nSPS) is 10.6. The lowest BCUT2D eigenvalue weighted by atomic mass is 10.2. The highest BCUT2D eigenvalue weighted by Gasteiger charge is 2.09. The van der Waals surface area contributed by atoms with E-state index in [0.717, 1.165) is 38.7 Å². The number of nitrogens with one attached hydrogen (secondary N) is 1. The van der Waals surface area contributed by atoms with Crippen LogP contribution >= 0.6 is 27.7 Å². The molecule has 0 aliphatic rings. The Balaban J connectivity index is 1.71. The first-order chi connectivity index (χ1) is 11.7. The number of nitrogens with zero attached hydrogens (tertiary/aromatic N) is 2. The maximum absolute atomic E-state index is 5.39. The number of rotatable bonds is 6. The zero-order valence-corrected chi connectivity index (χ0v) is 15.6. The second-order valence-corrected chi connectivity index (χ2v) is 6.80. The van der Waals surface area contributed by atoms with Crippen molar-refractivity contribution in [2.75, 3.05) is 14.2 Å². The molecule has 0 aliphatic heterocycles.